The predicted molar refractivity (Wildman–Crippen MR) is 53.7 cm³/mol. The molecule has 1 heterocycles. The van der Waals surface area contributed by atoms with Crippen molar-refractivity contribution in [1.29, 1.82) is 0 Å². The van der Waals surface area contributed by atoms with Crippen LogP contribution in [0, 0.1) is 0 Å². The Kier molecular flexibility index (Phi) is 5.06. The molecule has 0 fully saturated rings. The number of hydrogen-bond acceptors (Lipinski definition) is 6. The molecule has 90 valence electrons. The lowest BCUT2D eigenvalue weighted by atomic mass is 10.3. The van der Waals surface area contributed by atoms with E-state index in [-0.39, 0.29) is 13.2 Å². The second kappa shape index (κ2) is 6.33. The first-order chi connectivity index (χ1) is 7.69. The SMILES string of the molecule is O=c1ccn([C@@H](OCCO)C(O)CO)cn1. The molecule has 3 N–H and O–H groups in total. The van der Waals surface area contributed by atoms with E-state index in [1.165, 1.54) is 23.2 Å². The van der Waals surface area contributed by atoms with Gasteiger partial charge in [0.2, 0.25) is 0 Å². The lowest BCUT2D eigenvalue weighted by Crippen LogP contribution is -2.31. The van der Waals surface area contributed by atoms with E-state index < -0.39 is 24.5 Å². The van der Waals surface area contributed by atoms with Crippen molar-refractivity contribution < 1.29 is 20.1 Å². The first-order valence-electron chi connectivity index (χ1n) is 4.74. The van der Waals surface area contributed by atoms with Crippen molar-refractivity contribution in [2.45, 2.75) is 12.3 Å². The molecule has 0 bridgehead atoms. The third-order valence-corrected chi connectivity index (χ3v) is 1.90. The molecule has 0 aliphatic carbocycles. The maximum Gasteiger partial charge on any atom is 0.272 e. The second-order valence-corrected chi connectivity index (χ2v) is 3.08. The van der Waals surface area contributed by atoms with Crippen LogP contribution in [-0.4, -0.2) is 50.8 Å². The Bertz CT molecular complexity index is 347. The fourth-order valence-electron chi connectivity index (χ4n) is 1.16. The molecule has 2 atom stereocenters. The van der Waals surface area contributed by atoms with Gasteiger partial charge in [-0.15, -0.1) is 0 Å². The molecule has 1 aromatic rings. The molecule has 0 radical (unpaired) electrons. The molecular formula is C9H14N2O5. The van der Waals surface area contributed by atoms with Gasteiger partial charge in [-0.1, -0.05) is 0 Å². The van der Waals surface area contributed by atoms with E-state index in [1.807, 2.05) is 0 Å². The molecule has 0 spiro atoms. The van der Waals surface area contributed by atoms with E-state index >= 15 is 0 Å². The predicted octanol–water partition coefficient (Wildman–Crippen LogP) is -1.90. The molecule has 1 aromatic heterocycles. The van der Waals surface area contributed by atoms with Crippen LogP contribution in [0.1, 0.15) is 6.23 Å². The number of aliphatic hydroxyl groups excluding tert-OH is 3. The van der Waals surface area contributed by atoms with E-state index in [0.29, 0.717) is 0 Å². The summed E-state index contributed by atoms with van der Waals surface area (Å²) in [5.74, 6) is 0. The Morgan fingerprint density at radius 3 is 2.75 bits per heavy atom. The molecule has 7 heteroatoms. The highest BCUT2D eigenvalue weighted by Gasteiger charge is 2.20. The summed E-state index contributed by atoms with van der Waals surface area (Å²) in [4.78, 5) is 14.3. The Morgan fingerprint density at radius 1 is 1.50 bits per heavy atom. The number of nitrogens with zero attached hydrogens (tertiary/aromatic N) is 2. The number of rotatable bonds is 6. The lowest BCUT2D eigenvalue weighted by Gasteiger charge is -2.23. The van der Waals surface area contributed by atoms with Gasteiger partial charge in [-0.2, -0.15) is 4.98 Å². The minimum absolute atomic E-state index is 0.00779. The zero-order valence-corrected chi connectivity index (χ0v) is 8.56. The van der Waals surface area contributed by atoms with Gasteiger partial charge in [0.15, 0.2) is 6.23 Å². The van der Waals surface area contributed by atoms with Crippen LogP contribution in [0.2, 0.25) is 0 Å². The van der Waals surface area contributed by atoms with Gasteiger partial charge in [0.1, 0.15) is 12.4 Å². The number of hydrogen-bond donors (Lipinski definition) is 3. The van der Waals surface area contributed by atoms with Crippen molar-refractivity contribution in [3.8, 4) is 0 Å². The first-order valence-corrected chi connectivity index (χ1v) is 4.74. The van der Waals surface area contributed by atoms with Gasteiger partial charge in [0.05, 0.1) is 19.8 Å². The minimum atomic E-state index is -1.16. The summed E-state index contributed by atoms with van der Waals surface area (Å²) in [6.45, 7) is -0.696. The van der Waals surface area contributed by atoms with Crippen LogP contribution in [-0.2, 0) is 4.74 Å². The highest BCUT2D eigenvalue weighted by Crippen LogP contribution is 2.11. The molecule has 7 nitrogen and oxygen atoms in total. The number of aromatic nitrogens is 2. The monoisotopic (exact) mass is 230 g/mol. The normalized spacial score (nSPS) is 14.7. The molecule has 1 rings (SSSR count). The number of ether oxygens (including phenoxy) is 1. The lowest BCUT2D eigenvalue weighted by molar-refractivity contribution is -0.105. The Balaban J connectivity index is 2.82. The van der Waals surface area contributed by atoms with Crippen LogP contribution in [0.3, 0.4) is 0 Å². The average Bonchev–Trinajstić information content (AvgIpc) is 2.31. The van der Waals surface area contributed by atoms with Crippen molar-refractivity contribution in [1.82, 2.24) is 9.55 Å². The minimum Gasteiger partial charge on any atom is -0.394 e. The van der Waals surface area contributed by atoms with Crippen LogP contribution in [0.5, 0.6) is 0 Å². The second-order valence-electron chi connectivity index (χ2n) is 3.08. The van der Waals surface area contributed by atoms with Crippen LogP contribution in [0.4, 0.5) is 0 Å². The average molecular weight is 230 g/mol. The van der Waals surface area contributed by atoms with Gasteiger partial charge in [-0.3, -0.25) is 4.79 Å². The van der Waals surface area contributed by atoms with Crippen LogP contribution >= 0.6 is 0 Å². The zero-order valence-electron chi connectivity index (χ0n) is 8.56. The highest BCUT2D eigenvalue weighted by molar-refractivity contribution is 4.84. The van der Waals surface area contributed by atoms with E-state index in [2.05, 4.69) is 4.98 Å². The molecule has 0 saturated carbocycles. The Hall–Kier alpha value is -1.28. The maximum atomic E-state index is 10.8. The van der Waals surface area contributed by atoms with E-state index in [4.69, 9.17) is 14.9 Å². The number of aliphatic hydroxyl groups is 3. The topological polar surface area (TPSA) is 105 Å². The van der Waals surface area contributed by atoms with Gasteiger partial charge < -0.3 is 24.6 Å². The summed E-state index contributed by atoms with van der Waals surface area (Å²) in [5.41, 5.74) is -0.407. The molecular weight excluding hydrogens is 216 g/mol. The van der Waals surface area contributed by atoms with E-state index in [1.54, 1.807) is 0 Å². The van der Waals surface area contributed by atoms with Crippen LogP contribution in [0.15, 0.2) is 23.4 Å². The Labute approximate surface area is 91.6 Å². The van der Waals surface area contributed by atoms with Crippen molar-refractivity contribution >= 4 is 0 Å². The zero-order chi connectivity index (χ0) is 12.0. The summed E-state index contributed by atoms with van der Waals surface area (Å²) in [6, 6.07) is 1.21. The fraction of sp³-hybridized carbons (Fsp3) is 0.556. The van der Waals surface area contributed by atoms with Gasteiger partial charge in [-0.05, 0) is 0 Å². The highest BCUT2D eigenvalue weighted by atomic mass is 16.5. The smallest absolute Gasteiger partial charge is 0.272 e. The summed E-state index contributed by atoms with van der Waals surface area (Å²) >= 11 is 0. The molecule has 0 saturated heterocycles. The molecule has 0 aromatic carbocycles. The molecule has 0 aliphatic rings. The van der Waals surface area contributed by atoms with Crippen molar-refractivity contribution in [2.75, 3.05) is 19.8 Å². The standard InChI is InChI=1S/C9H14N2O5/c12-3-4-16-9(7(14)5-13)11-2-1-8(15)10-6-11/h1-2,6-7,9,12-14H,3-5H2/t7?,9-/m0/s1. The maximum absolute atomic E-state index is 10.8. The Morgan fingerprint density at radius 2 is 2.25 bits per heavy atom. The third kappa shape index (κ3) is 3.38. The van der Waals surface area contributed by atoms with Crippen molar-refractivity contribution in [3.05, 3.63) is 28.9 Å². The fourth-order valence-corrected chi connectivity index (χ4v) is 1.16. The first kappa shape index (κ1) is 12.8. The third-order valence-electron chi connectivity index (χ3n) is 1.90. The van der Waals surface area contributed by atoms with Gasteiger partial charge in [0, 0.05) is 12.3 Å². The largest absolute Gasteiger partial charge is 0.394 e. The van der Waals surface area contributed by atoms with Crippen molar-refractivity contribution in [2.24, 2.45) is 0 Å². The van der Waals surface area contributed by atoms with Gasteiger partial charge in [0.25, 0.3) is 5.56 Å². The molecule has 1 unspecified atom stereocenters. The molecule has 0 aliphatic heterocycles. The summed E-state index contributed by atoms with van der Waals surface area (Å²) < 4.78 is 6.48. The molecule has 16 heavy (non-hydrogen) atoms. The van der Waals surface area contributed by atoms with Crippen molar-refractivity contribution in [3.63, 3.8) is 0 Å². The van der Waals surface area contributed by atoms with Gasteiger partial charge in [-0.25, -0.2) is 0 Å². The van der Waals surface area contributed by atoms with Crippen LogP contribution in [0.25, 0.3) is 0 Å². The van der Waals surface area contributed by atoms with E-state index in [0.717, 1.165) is 0 Å². The summed E-state index contributed by atoms with van der Waals surface area (Å²) in [5, 5.41) is 26.9. The van der Waals surface area contributed by atoms with Crippen LogP contribution < -0.4 is 5.56 Å². The summed E-state index contributed by atoms with van der Waals surface area (Å²) in [6.07, 6.45) is 0.542. The molecule has 0 amide bonds. The van der Waals surface area contributed by atoms with Gasteiger partial charge >= 0.3 is 0 Å². The van der Waals surface area contributed by atoms with E-state index in [9.17, 15) is 9.90 Å². The quantitative estimate of drug-likeness (QED) is 0.527. The summed E-state index contributed by atoms with van der Waals surface area (Å²) in [7, 11) is 0.